The molecule has 25 nitrogen and oxygen atoms in total. The molecule has 0 saturated carbocycles. The lowest BCUT2D eigenvalue weighted by molar-refractivity contribution is -0.136. The van der Waals surface area contributed by atoms with Crippen LogP contribution in [0.15, 0.2) is 116 Å². The molecule has 0 spiro atoms. The van der Waals surface area contributed by atoms with E-state index in [1.54, 1.807) is 50.5 Å². The maximum absolute atomic E-state index is 14.9. The zero-order valence-electron chi connectivity index (χ0n) is 49.2. The number of rotatable bonds is 18. The van der Waals surface area contributed by atoms with Gasteiger partial charge in [-0.2, -0.15) is 0 Å². The van der Waals surface area contributed by atoms with Crippen LogP contribution in [0.5, 0.6) is 5.75 Å². The number of aromatic hydroxyl groups is 1. The predicted molar refractivity (Wildman–Crippen MR) is 336 cm³/mol. The molecule has 1 saturated heterocycles. The molecular weight excluding hydrogens is 1170 g/mol. The van der Waals surface area contributed by atoms with Gasteiger partial charge in [-0.3, -0.25) is 47.9 Å². The summed E-state index contributed by atoms with van der Waals surface area (Å²) in [7, 11) is 2.13. The van der Waals surface area contributed by atoms with Crippen molar-refractivity contribution in [1.82, 2.24) is 47.2 Å². The highest BCUT2D eigenvalue weighted by atomic mass is 33.1. The summed E-state index contributed by atoms with van der Waals surface area (Å²) in [6.07, 6.45) is 4.31. The number of aromatic nitrogens is 2. The molecule has 0 aliphatic carbocycles. The SMILES string of the molecule is CC(=O)O.CC(=O)O.CC(C)C1NC(=O)C(CCCCN)NC(=O)[C@@H](Cc2c[nH]c3ccccc23)NC(=O)[C@H](Cc2ccc(O)cc2)NC(=O)C(NC(=O)[C@H](N)Cc2ccccc2)CSSC[C@@H](C(=O)N[C@@H](Cc2c[nH]c3ccccc23)C(N)=O)NC1=O. The first-order valence-electron chi connectivity index (χ1n) is 28.4. The molecule has 1 fully saturated rings. The number of carboxylic acids is 2. The quantitative estimate of drug-likeness (QED) is 0.0433. The summed E-state index contributed by atoms with van der Waals surface area (Å²) >= 11 is 0. The number of phenols is 1. The Hall–Kier alpha value is -8.92. The lowest BCUT2D eigenvalue weighted by Crippen LogP contribution is -2.61. The largest absolute Gasteiger partial charge is 0.508 e. The van der Waals surface area contributed by atoms with E-state index in [0.717, 1.165) is 62.8 Å². The summed E-state index contributed by atoms with van der Waals surface area (Å²) in [6, 6.07) is 19.5. The molecule has 1 aliphatic rings. The number of benzene rings is 4. The molecule has 8 atom stereocenters. The Morgan fingerprint density at radius 1 is 0.614 bits per heavy atom. The van der Waals surface area contributed by atoms with Crippen molar-refractivity contribution < 1.29 is 63.3 Å². The van der Waals surface area contributed by atoms with Crippen molar-refractivity contribution >= 4 is 103 Å². The summed E-state index contributed by atoms with van der Waals surface area (Å²) < 4.78 is 0. The van der Waals surface area contributed by atoms with Crippen LogP contribution in [0.25, 0.3) is 21.8 Å². The number of carbonyl (C=O) groups excluding carboxylic acids is 8. The monoisotopic (exact) mass is 1250 g/mol. The Kier molecular flexibility index (Phi) is 27.8. The summed E-state index contributed by atoms with van der Waals surface area (Å²) in [5, 5.41) is 46.1. The van der Waals surface area contributed by atoms with E-state index in [9.17, 15) is 43.5 Å². The molecule has 18 N–H and O–H groups in total. The number of aromatic amines is 2. The molecule has 472 valence electrons. The smallest absolute Gasteiger partial charge is 0.300 e. The second-order valence-corrected chi connectivity index (χ2v) is 23.7. The average molecular weight is 1250 g/mol. The van der Waals surface area contributed by atoms with E-state index in [4.69, 9.17) is 37.0 Å². The minimum Gasteiger partial charge on any atom is -0.508 e. The van der Waals surface area contributed by atoms with E-state index >= 15 is 0 Å². The van der Waals surface area contributed by atoms with Gasteiger partial charge < -0.3 is 79.7 Å². The number of carboxylic acid groups (broad SMARTS) is 2. The molecule has 0 radical (unpaired) electrons. The minimum absolute atomic E-state index is 0.00683. The standard InChI is InChI=1S/C57H70N12O9S2.2C2H4O2/c1-32(2)49-57(78)68-48(55(76)64-44(50(60)71)26-35-28-61-41-16-8-6-14-38(35)41)31-80-79-30-47(67-51(72)40(59)24-33-12-4-3-5-13-33)56(77)65-45(25-34-19-21-37(70)22-20-34)53(74)66-46(27-36-29-62-42-17-9-7-15-39(36)42)54(75)63-43(52(73)69-49)18-10-11-23-58;2*1-2(3)4/h3-9,12-17,19-22,28-29,32,40,43-49,61-62,70H,10-11,18,23-27,30-31,58-59H2,1-2H3,(H2,60,71)(H,63,75)(H,64,76)(H,65,77)(H,66,74)(H,67,72)(H,68,78)(H,69,73);2*1H3,(H,3,4)/t40-,43?,44+,45+,46-,47?,48+,49?;;/m1../s1. The zero-order chi connectivity index (χ0) is 64.5. The van der Waals surface area contributed by atoms with E-state index in [-0.39, 0.29) is 55.9 Å². The first-order chi connectivity index (χ1) is 41.9. The Morgan fingerprint density at radius 2 is 1.14 bits per heavy atom. The van der Waals surface area contributed by atoms with Crippen molar-refractivity contribution in [2.45, 2.75) is 121 Å². The maximum atomic E-state index is 14.9. The molecule has 3 unspecified atom stereocenters. The summed E-state index contributed by atoms with van der Waals surface area (Å²) in [4.78, 5) is 139. The number of nitrogens with one attached hydrogen (secondary N) is 9. The van der Waals surface area contributed by atoms with E-state index in [2.05, 4.69) is 47.2 Å². The number of hydrogen-bond donors (Lipinski definition) is 15. The highest BCUT2D eigenvalue weighted by Gasteiger charge is 2.36. The Bertz CT molecular complexity index is 3320. The Morgan fingerprint density at radius 3 is 1.73 bits per heavy atom. The van der Waals surface area contributed by atoms with Crippen LogP contribution in [0.2, 0.25) is 0 Å². The van der Waals surface area contributed by atoms with Crippen LogP contribution in [0.3, 0.4) is 0 Å². The number of para-hydroxylation sites is 2. The zero-order valence-corrected chi connectivity index (χ0v) is 50.8. The lowest BCUT2D eigenvalue weighted by atomic mass is 10.00. The van der Waals surface area contributed by atoms with Gasteiger partial charge in [0.1, 0.15) is 48.0 Å². The summed E-state index contributed by atoms with van der Waals surface area (Å²) in [6.45, 7) is 5.85. The molecule has 0 bridgehead atoms. The van der Waals surface area contributed by atoms with E-state index in [1.165, 1.54) is 12.1 Å². The van der Waals surface area contributed by atoms with Gasteiger partial charge >= 0.3 is 0 Å². The number of fused-ring (bicyclic) bond motifs is 2. The molecule has 27 heteroatoms. The average Bonchev–Trinajstić information content (AvgIpc) is 3.66. The Labute approximate surface area is 516 Å². The summed E-state index contributed by atoms with van der Waals surface area (Å²) in [5.41, 5.74) is 22.4. The lowest BCUT2D eigenvalue weighted by Gasteiger charge is -2.29. The maximum Gasteiger partial charge on any atom is 0.300 e. The number of hydrogen-bond acceptors (Lipinski definition) is 15. The number of phenolic OH excluding ortho intramolecular Hbond substituents is 1. The van der Waals surface area contributed by atoms with Gasteiger partial charge in [0, 0.05) is 78.8 Å². The van der Waals surface area contributed by atoms with Crippen molar-refractivity contribution in [3.05, 3.63) is 138 Å². The fourth-order valence-electron chi connectivity index (χ4n) is 9.29. The third-order valence-electron chi connectivity index (χ3n) is 13.8. The second-order valence-electron chi connectivity index (χ2n) is 21.2. The number of amides is 8. The number of H-pyrrole nitrogens is 2. The van der Waals surface area contributed by atoms with Gasteiger partial charge in [-0.05, 0) is 84.7 Å². The number of aliphatic carboxylic acids is 2. The molecule has 8 amide bonds. The highest BCUT2D eigenvalue weighted by Crippen LogP contribution is 2.25. The van der Waals surface area contributed by atoms with Crippen molar-refractivity contribution in [1.29, 1.82) is 0 Å². The molecule has 7 rings (SSSR count). The third-order valence-corrected chi connectivity index (χ3v) is 16.2. The van der Waals surface area contributed by atoms with Crippen LogP contribution in [0, 0.1) is 5.92 Å². The van der Waals surface area contributed by atoms with E-state index in [0.29, 0.717) is 29.5 Å². The molecule has 88 heavy (non-hydrogen) atoms. The van der Waals surface area contributed by atoms with Gasteiger partial charge in [-0.1, -0.05) is 114 Å². The van der Waals surface area contributed by atoms with Gasteiger partial charge in [-0.15, -0.1) is 0 Å². The number of nitrogens with two attached hydrogens (primary N) is 3. The van der Waals surface area contributed by atoms with E-state index < -0.39 is 113 Å². The van der Waals surface area contributed by atoms with Gasteiger partial charge in [0.25, 0.3) is 11.9 Å². The van der Waals surface area contributed by atoms with Crippen LogP contribution >= 0.6 is 21.6 Å². The van der Waals surface area contributed by atoms with Crippen molar-refractivity contribution in [3.8, 4) is 5.75 Å². The molecule has 1 aliphatic heterocycles. The molecular formula is C61H78N12O13S2. The van der Waals surface area contributed by atoms with Gasteiger partial charge in [0.15, 0.2) is 0 Å². The topological polar surface area (TPSA) is 425 Å². The van der Waals surface area contributed by atoms with Crippen molar-refractivity contribution in [2.75, 3.05) is 18.1 Å². The third kappa shape index (κ3) is 22.4. The highest BCUT2D eigenvalue weighted by molar-refractivity contribution is 8.76. The van der Waals surface area contributed by atoms with Crippen molar-refractivity contribution in [3.63, 3.8) is 0 Å². The van der Waals surface area contributed by atoms with Crippen molar-refractivity contribution in [2.24, 2.45) is 23.1 Å². The molecule has 3 heterocycles. The van der Waals surface area contributed by atoms with Crippen LogP contribution < -0.4 is 54.4 Å². The minimum atomic E-state index is -1.40. The number of unbranched alkanes of at least 4 members (excludes halogenated alkanes) is 1. The fourth-order valence-corrected chi connectivity index (χ4v) is 11.6. The van der Waals surface area contributed by atoms with Gasteiger partial charge in [-0.25, -0.2) is 0 Å². The molecule has 2 aromatic heterocycles. The number of carbonyl (C=O) groups is 10. The molecule has 6 aromatic rings. The van der Waals surface area contributed by atoms with Crippen LogP contribution in [0.1, 0.15) is 69.2 Å². The van der Waals surface area contributed by atoms with E-state index in [1.807, 2.05) is 66.7 Å². The second kappa shape index (κ2) is 35.0. The number of primary amides is 1. The van der Waals surface area contributed by atoms with Crippen LogP contribution in [-0.2, 0) is 73.6 Å². The van der Waals surface area contributed by atoms with Gasteiger partial charge in [0.2, 0.25) is 47.3 Å². The first-order valence-corrected chi connectivity index (χ1v) is 30.9. The Balaban J connectivity index is 0.00000166. The normalized spacial score (nSPS) is 19.5. The van der Waals surface area contributed by atoms with Crippen LogP contribution in [0.4, 0.5) is 0 Å². The predicted octanol–water partition coefficient (Wildman–Crippen LogP) is 2.19. The summed E-state index contributed by atoms with van der Waals surface area (Å²) in [5.74, 6) is -8.73. The first kappa shape index (κ1) is 69.8. The molecule has 4 aromatic carbocycles. The van der Waals surface area contributed by atoms with Gasteiger partial charge in [0.05, 0.1) is 6.04 Å². The van der Waals surface area contributed by atoms with Crippen LogP contribution in [-0.4, -0.2) is 151 Å². The fraction of sp³-hybridized carbons (Fsp3) is 0.377.